The molecule has 0 radical (unpaired) electrons. The summed E-state index contributed by atoms with van der Waals surface area (Å²) in [7, 11) is 0. The summed E-state index contributed by atoms with van der Waals surface area (Å²) in [5, 5.41) is 8.60. The van der Waals surface area contributed by atoms with Crippen LogP contribution in [0.3, 0.4) is 0 Å². The fourth-order valence-electron chi connectivity index (χ4n) is 3.51. The molecule has 0 saturated carbocycles. The van der Waals surface area contributed by atoms with Crippen molar-refractivity contribution >= 4 is 22.4 Å². The number of benzene rings is 2. The van der Waals surface area contributed by atoms with Gasteiger partial charge in [0.15, 0.2) is 5.69 Å². The molecular formula is C24H29N3O2. The molecule has 0 saturated heterocycles. The van der Waals surface area contributed by atoms with Gasteiger partial charge in [0, 0.05) is 17.6 Å². The van der Waals surface area contributed by atoms with Gasteiger partial charge in [0.1, 0.15) is 0 Å². The van der Waals surface area contributed by atoms with Crippen molar-refractivity contribution in [2.24, 2.45) is 0 Å². The summed E-state index contributed by atoms with van der Waals surface area (Å²) < 4.78 is 1.44. The number of carbonyl (C=O) groups is 1. The smallest absolute Gasteiger partial charge is 0.276 e. The third-order valence-electron chi connectivity index (χ3n) is 5.41. The zero-order chi connectivity index (χ0) is 20.8. The van der Waals surface area contributed by atoms with Crippen LogP contribution in [0.5, 0.6) is 0 Å². The molecule has 1 heterocycles. The second-order valence-electron chi connectivity index (χ2n) is 7.48. The number of hydrogen-bond donors (Lipinski definition) is 1. The highest BCUT2D eigenvalue weighted by Crippen LogP contribution is 2.27. The first-order chi connectivity index (χ1) is 14.1. The molecule has 1 atom stereocenters. The summed E-state index contributed by atoms with van der Waals surface area (Å²) in [5.41, 5.74) is 2.04. The number of fused-ring (bicyclic) bond motifs is 1. The standard InChI is InChI=1S/C24H29N3O2/c1-4-6-11-16-27-24(29)20-14-8-7-13-19(20)22(26-27)23(28)25-21-15-10-9-12-18(21)17(3)5-2/h7-10,12-15,17H,4-6,11,16H2,1-3H3,(H,25,28)/t17-/m1/s1. The Morgan fingerprint density at radius 1 is 1.03 bits per heavy atom. The van der Waals surface area contributed by atoms with Crippen molar-refractivity contribution in [1.29, 1.82) is 0 Å². The predicted octanol–water partition coefficient (Wildman–Crippen LogP) is 5.35. The Morgan fingerprint density at radius 3 is 2.45 bits per heavy atom. The Balaban J connectivity index is 2.02. The van der Waals surface area contributed by atoms with Crippen LogP contribution in [-0.2, 0) is 6.54 Å². The van der Waals surface area contributed by atoms with Crippen molar-refractivity contribution in [1.82, 2.24) is 9.78 Å². The largest absolute Gasteiger partial charge is 0.320 e. The topological polar surface area (TPSA) is 64.0 Å². The maximum absolute atomic E-state index is 13.2. The maximum atomic E-state index is 13.2. The van der Waals surface area contributed by atoms with Crippen LogP contribution < -0.4 is 10.9 Å². The minimum atomic E-state index is -0.291. The van der Waals surface area contributed by atoms with Crippen LogP contribution in [0.4, 0.5) is 5.69 Å². The highest BCUT2D eigenvalue weighted by molar-refractivity contribution is 6.11. The number of anilines is 1. The number of rotatable bonds is 8. The summed E-state index contributed by atoms with van der Waals surface area (Å²) in [4.78, 5) is 26.0. The molecule has 29 heavy (non-hydrogen) atoms. The number of hydrogen-bond acceptors (Lipinski definition) is 3. The van der Waals surface area contributed by atoms with E-state index < -0.39 is 0 Å². The molecule has 0 spiro atoms. The molecule has 0 unspecified atom stereocenters. The first kappa shape index (κ1) is 20.8. The normalized spacial score (nSPS) is 12.1. The number of aromatic nitrogens is 2. The van der Waals surface area contributed by atoms with Gasteiger partial charge < -0.3 is 5.32 Å². The molecule has 1 amide bonds. The van der Waals surface area contributed by atoms with E-state index >= 15 is 0 Å². The number of amides is 1. The van der Waals surface area contributed by atoms with Gasteiger partial charge in [0.25, 0.3) is 11.5 Å². The van der Waals surface area contributed by atoms with Crippen LogP contribution in [0.15, 0.2) is 53.3 Å². The molecule has 0 bridgehead atoms. The lowest BCUT2D eigenvalue weighted by atomic mass is 9.97. The number of para-hydroxylation sites is 1. The van der Waals surface area contributed by atoms with E-state index in [1.807, 2.05) is 36.4 Å². The van der Waals surface area contributed by atoms with E-state index in [1.54, 1.807) is 12.1 Å². The van der Waals surface area contributed by atoms with Gasteiger partial charge in [-0.3, -0.25) is 9.59 Å². The number of nitrogens with zero attached hydrogens (tertiary/aromatic N) is 2. The van der Waals surface area contributed by atoms with Crippen molar-refractivity contribution in [2.45, 2.75) is 58.9 Å². The lowest BCUT2D eigenvalue weighted by molar-refractivity contribution is 0.102. The minimum Gasteiger partial charge on any atom is -0.320 e. The Labute approximate surface area is 171 Å². The number of aryl methyl sites for hydroxylation is 1. The molecule has 0 aliphatic carbocycles. The van der Waals surface area contributed by atoms with Gasteiger partial charge in [0.2, 0.25) is 0 Å². The van der Waals surface area contributed by atoms with Crippen LogP contribution >= 0.6 is 0 Å². The Kier molecular flexibility index (Phi) is 6.81. The van der Waals surface area contributed by atoms with Crippen molar-refractivity contribution < 1.29 is 4.79 Å². The molecule has 5 nitrogen and oxygen atoms in total. The molecule has 3 aromatic rings. The molecule has 0 aliphatic rings. The highest BCUT2D eigenvalue weighted by atomic mass is 16.2. The van der Waals surface area contributed by atoms with Crippen molar-refractivity contribution in [3.8, 4) is 0 Å². The number of carbonyl (C=O) groups excluding carboxylic acids is 1. The monoisotopic (exact) mass is 391 g/mol. The number of unbranched alkanes of at least 4 members (excludes halogenated alkanes) is 2. The SMILES string of the molecule is CCCCCn1nc(C(=O)Nc2ccccc2[C@H](C)CC)c2ccccc2c1=O. The molecule has 152 valence electrons. The molecule has 1 aromatic heterocycles. The fraction of sp³-hybridized carbons (Fsp3) is 0.375. The van der Waals surface area contributed by atoms with Crippen LogP contribution in [0.2, 0.25) is 0 Å². The van der Waals surface area contributed by atoms with Gasteiger partial charge in [-0.1, -0.05) is 70.0 Å². The first-order valence-electron chi connectivity index (χ1n) is 10.5. The quantitative estimate of drug-likeness (QED) is 0.526. The third-order valence-corrected chi connectivity index (χ3v) is 5.41. The van der Waals surface area contributed by atoms with Gasteiger partial charge in [-0.25, -0.2) is 4.68 Å². The van der Waals surface area contributed by atoms with Crippen LogP contribution in [0, 0.1) is 0 Å². The van der Waals surface area contributed by atoms with E-state index in [2.05, 4.69) is 31.2 Å². The molecule has 1 N–H and O–H groups in total. The molecule has 0 fully saturated rings. The van der Waals surface area contributed by atoms with Gasteiger partial charge in [-0.05, 0) is 36.5 Å². The predicted molar refractivity (Wildman–Crippen MR) is 119 cm³/mol. The average Bonchev–Trinajstić information content (AvgIpc) is 2.75. The number of nitrogens with one attached hydrogen (secondary N) is 1. The molecule has 3 rings (SSSR count). The fourth-order valence-corrected chi connectivity index (χ4v) is 3.51. The maximum Gasteiger partial charge on any atom is 0.276 e. The van der Waals surface area contributed by atoms with Crippen molar-refractivity contribution in [3.63, 3.8) is 0 Å². The summed E-state index contributed by atoms with van der Waals surface area (Å²) in [5.74, 6) is 0.0420. The Hall–Kier alpha value is -2.95. The van der Waals surface area contributed by atoms with E-state index in [9.17, 15) is 9.59 Å². The lowest BCUT2D eigenvalue weighted by Crippen LogP contribution is -2.28. The summed E-state index contributed by atoms with van der Waals surface area (Å²) in [6, 6.07) is 15.1. The van der Waals surface area contributed by atoms with E-state index in [4.69, 9.17) is 0 Å². The van der Waals surface area contributed by atoms with E-state index in [0.717, 1.165) is 36.9 Å². The summed E-state index contributed by atoms with van der Waals surface area (Å²) >= 11 is 0. The summed E-state index contributed by atoms with van der Waals surface area (Å²) in [6.45, 7) is 6.91. The first-order valence-corrected chi connectivity index (χ1v) is 10.5. The molecule has 5 heteroatoms. The van der Waals surface area contributed by atoms with Crippen LogP contribution in [-0.4, -0.2) is 15.7 Å². The highest BCUT2D eigenvalue weighted by Gasteiger charge is 2.18. The molecular weight excluding hydrogens is 362 g/mol. The zero-order valence-corrected chi connectivity index (χ0v) is 17.4. The van der Waals surface area contributed by atoms with E-state index in [-0.39, 0.29) is 17.2 Å². The average molecular weight is 392 g/mol. The van der Waals surface area contributed by atoms with Crippen LogP contribution in [0.25, 0.3) is 10.8 Å². The lowest BCUT2D eigenvalue weighted by Gasteiger charge is -2.16. The van der Waals surface area contributed by atoms with E-state index in [0.29, 0.717) is 23.2 Å². The second kappa shape index (κ2) is 9.50. The Morgan fingerprint density at radius 2 is 1.72 bits per heavy atom. The van der Waals surface area contributed by atoms with Crippen LogP contribution in [0.1, 0.15) is 68.4 Å². The van der Waals surface area contributed by atoms with E-state index in [1.165, 1.54) is 4.68 Å². The van der Waals surface area contributed by atoms with Gasteiger partial charge in [-0.2, -0.15) is 5.10 Å². The summed E-state index contributed by atoms with van der Waals surface area (Å²) in [6.07, 6.45) is 3.92. The van der Waals surface area contributed by atoms with Crippen molar-refractivity contribution in [3.05, 3.63) is 70.1 Å². The molecule has 2 aromatic carbocycles. The molecule has 0 aliphatic heterocycles. The zero-order valence-electron chi connectivity index (χ0n) is 17.4. The van der Waals surface area contributed by atoms with Gasteiger partial charge in [0.05, 0.1) is 5.39 Å². The van der Waals surface area contributed by atoms with Gasteiger partial charge in [-0.15, -0.1) is 0 Å². The minimum absolute atomic E-state index is 0.145. The Bertz CT molecular complexity index is 1060. The van der Waals surface area contributed by atoms with Crippen molar-refractivity contribution in [2.75, 3.05) is 5.32 Å². The van der Waals surface area contributed by atoms with Gasteiger partial charge >= 0.3 is 0 Å². The third kappa shape index (κ3) is 4.56. The second-order valence-corrected chi connectivity index (χ2v) is 7.48.